The minimum absolute atomic E-state index is 0.0842. The number of thiophene rings is 1. The van der Waals surface area contributed by atoms with Crippen molar-refractivity contribution in [2.24, 2.45) is 4.99 Å². The van der Waals surface area contributed by atoms with Crippen molar-refractivity contribution in [2.45, 2.75) is 20.4 Å². The number of hydrogen-bond acceptors (Lipinski definition) is 7. The molecule has 190 valence electrons. The zero-order chi connectivity index (χ0) is 26.2. The van der Waals surface area contributed by atoms with Crippen molar-refractivity contribution < 1.29 is 21.6 Å². The van der Waals surface area contributed by atoms with Gasteiger partial charge in [0.05, 0.1) is 28.3 Å². The Labute approximate surface area is 224 Å². The maximum absolute atomic E-state index is 13.1. The highest BCUT2D eigenvalue weighted by molar-refractivity contribution is 7.95. The molecule has 7 nitrogen and oxygen atoms in total. The Bertz CT molecular complexity index is 1730. The van der Waals surface area contributed by atoms with Gasteiger partial charge in [-0.2, -0.15) is 0 Å². The molecule has 2 heterocycles. The van der Waals surface area contributed by atoms with Gasteiger partial charge in [-0.1, -0.05) is 41.9 Å². The third kappa shape index (κ3) is 5.02. The number of sulfone groups is 1. The monoisotopic (exact) mass is 572 g/mol. The second-order valence-electron chi connectivity index (χ2n) is 8.22. The van der Waals surface area contributed by atoms with Gasteiger partial charge in [0.25, 0.3) is 10.0 Å². The van der Waals surface area contributed by atoms with E-state index in [1.807, 2.05) is 18.2 Å². The lowest BCUT2D eigenvalue weighted by molar-refractivity contribution is 0.417. The van der Waals surface area contributed by atoms with Crippen LogP contribution in [-0.4, -0.2) is 36.2 Å². The third-order valence-corrected chi connectivity index (χ3v) is 10.8. The average Bonchev–Trinajstić information content (AvgIpc) is 3.42. The fourth-order valence-corrected chi connectivity index (χ4v) is 8.19. The number of rotatable bonds is 7. The van der Waals surface area contributed by atoms with E-state index < -0.39 is 19.9 Å². The number of fused-ring (bicyclic) bond motifs is 1. The van der Waals surface area contributed by atoms with Gasteiger partial charge in [0.15, 0.2) is 0 Å². The second-order valence-corrected chi connectivity index (χ2v) is 13.4. The number of methoxy groups -OCH3 is 1. The van der Waals surface area contributed by atoms with Gasteiger partial charge in [-0.25, -0.2) is 16.8 Å². The number of aliphatic imine (C=N–C) groups is 1. The third-order valence-electron chi connectivity index (χ3n) is 5.88. The maximum atomic E-state index is 13.1. The topological polar surface area (TPSA) is 102 Å². The Morgan fingerprint density at radius 1 is 0.946 bits per heavy atom. The second kappa shape index (κ2) is 9.94. The molecule has 0 saturated carbocycles. The smallest absolute Gasteiger partial charge is 0.271 e. The van der Waals surface area contributed by atoms with Gasteiger partial charge in [0.1, 0.15) is 9.96 Å². The fourth-order valence-electron chi connectivity index (χ4n) is 4.04. The zero-order valence-electron chi connectivity index (χ0n) is 19.5. The zero-order valence-corrected chi connectivity index (χ0v) is 22.7. The van der Waals surface area contributed by atoms with Crippen LogP contribution in [-0.2, 0) is 26.3 Å². The van der Waals surface area contributed by atoms with E-state index in [-0.39, 0.29) is 19.7 Å². The molecule has 0 radical (unpaired) electrons. The number of anilines is 1. The van der Waals surface area contributed by atoms with Crippen LogP contribution in [0.2, 0.25) is 5.02 Å². The lowest BCUT2D eigenvalue weighted by Crippen LogP contribution is -2.15. The van der Waals surface area contributed by atoms with E-state index in [0.29, 0.717) is 17.3 Å². The Hall–Kier alpha value is -3.18. The highest BCUT2D eigenvalue weighted by Crippen LogP contribution is 2.33. The number of nitrogens with zero attached hydrogens (tertiary/aromatic N) is 1. The van der Waals surface area contributed by atoms with E-state index in [4.69, 9.17) is 16.3 Å². The van der Waals surface area contributed by atoms with E-state index >= 15 is 0 Å². The summed E-state index contributed by atoms with van der Waals surface area (Å²) in [6, 6.07) is 19.8. The molecule has 0 amide bonds. The number of nitrogens with one attached hydrogen (secondary N) is 1. The van der Waals surface area contributed by atoms with Crippen molar-refractivity contribution >= 4 is 54.2 Å². The Morgan fingerprint density at radius 3 is 2.49 bits per heavy atom. The first kappa shape index (κ1) is 25.5. The van der Waals surface area contributed by atoms with Gasteiger partial charge in [0.2, 0.25) is 9.84 Å². The van der Waals surface area contributed by atoms with E-state index in [0.717, 1.165) is 46.2 Å². The summed E-state index contributed by atoms with van der Waals surface area (Å²) >= 11 is 7.04. The van der Waals surface area contributed by atoms with Crippen molar-refractivity contribution in [2.75, 3.05) is 18.4 Å². The molecule has 1 aromatic heterocycles. The standard InChI is InChI=1S/C26H21ClN2O5S3/c1-34-24-13-18(26-22-14-19(27)9-7-17(22)11-12-28-26)8-10-23(24)29-37(32,33)25-15-21(16-35-25)36(30,31)20-5-3-2-4-6-20/h2-10,13-16,29H,11-12H2,1H3. The molecule has 1 aliphatic rings. The number of sulfonamides is 1. The molecule has 11 heteroatoms. The number of ether oxygens (including phenoxy) is 1. The molecule has 0 unspecified atom stereocenters. The number of benzene rings is 3. The van der Waals surface area contributed by atoms with Gasteiger partial charge in [0, 0.05) is 28.1 Å². The Morgan fingerprint density at radius 2 is 1.73 bits per heavy atom. The molecule has 3 aromatic carbocycles. The molecule has 1 aliphatic heterocycles. The molecule has 0 fully saturated rings. The maximum Gasteiger partial charge on any atom is 0.271 e. The van der Waals surface area contributed by atoms with Gasteiger partial charge in [-0.15, -0.1) is 11.3 Å². The lowest BCUT2D eigenvalue weighted by atomic mass is 9.93. The van der Waals surface area contributed by atoms with Crippen LogP contribution >= 0.6 is 22.9 Å². The predicted molar refractivity (Wildman–Crippen MR) is 146 cm³/mol. The SMILES string of the molecule is COc1cc(C2=NCCc3ccc(Cl)cc32)ccc1NS(=O)(=O)c1cc(S(=O)(=O)c2ccccc2)cs1. The van der Waals surface area contributed by atoms with Crippen molar-refractivity contribution in [3.8, 4) is 5.75 Å². The summed E-state index contributed by atoms with van der Waals surface area (Å²) in [6.45, 7) is 0.632. The summed E-state index contributed by atoms with van der Waals surface area (Å²) in [7, 11) is -6.48. The van der Waals surface area contributed by atoms with Crippen molar-refractivity contribution in [1.29, 1.82) is 0 Å². The van der Waals surface area contributed by atoms with Crippen LogP contribution < -0.4 is 9.46 Å². The normalized spacial score (nSPS) is 13.5. The Kier molecular flexibility index (Phi) is 6.84. The molecule has 0 atom stereocenters. The van der Waals surface area contributed by atoms with Crippen LogP contribution in [0.4, 0.5) is 5.69 Å². The van der Waals surface area contributed by atoms with Gasteiger partial charge < -0.3 is 4.74 Å². The van der Waals surface area contributed by atoms with Gasteiger partial charge in [-0.05, 0) is 54.4 Å². The Balaban J connectivity index is 1.44. The molecule has 0 spiro atoms. The molecule has 37 heavy (non-hydrogen) atoms. The molecule has 5 rings (SSSR count). The van der Waals surface area contributed by atoms with E-state index in [2.05, 4.69) is 9.71 Å². The summed E-state index contributed by atoms with van der Waals surface area (Å²) in [4.78, 5) is 4.68. The van der Waals surface area contributed by atoms with Crippen LogP contribution in [0, 0.1) is 0 Å². The summed E-state index contributed by atoms with van der Waals surface area (Å²) in [6.07, 6.45) is 0.813. The van der Waals surface area contributed by atoms with E-state index in [1.165, 1.54) is 24.6 Å². The van der Waals surface area contributed by atoms with Crippen molar-refractivity contribution in [3.05, 3.63) is 99.9 Å². The average molecular weight is 573 g/mol. The largest absolute Gasteiger partial charge is 0.495 e. The molecule has 0 saturated heterocycles. The van der Waals surface area contributed by atoms with Crippen LogP contribution in [0.25, 0.3) is 0 Å². The highest BCUT2D eigenvalue weighted by atomic mass is 35.5. The van der Waals surface area contributed by atoms with Gasteiger partial charge in [-0.3, -0.25) is 9.71 Å². The summed E-state index contributed by atoms with van der Waals surface area (Å²) < 4.78 is 59.9. The molecule has 4 aromatic rings. The minimum Gasteiger partial charge on any atom is -0.495 e. The quantitative estimate of drug-likeness (QED) is 0.318. The molecular formula is C26H21ClN2O5S3. The number of hydrogen-bond donors (Lipinski definition) is 1. The molecule has 1 N–H and O–H groups in total. The number of halogens is 1. The summed E-state index contributed by atoms with van der Waals surface area (Å²) in [5.41, 5.74) is 3.80. The first-order valence-electron chi connectivity index (χ1n) is 11.1. The molecule has 0 aliphatic carbocycles. The first-order chi connectivity index (χ1) is 17.7. The van der Waals surface area contributed by atoms with Crippen molar-refractivity contribution in [1.82, 2.24) is 0 Å². The predicted octanol–water partition coefficient (Wildman–Crippen LogP) is 5.44. The summed E-state index contributed by atoms with van der Waals surface area (Å²) in [5, 5.41) is 1.93. The highest BCUT2D eigenvalue weighted by Gasteiger charge is 2.25. The van der Waals surface area contributed by atoms with E-state index in [9.17, 15) is 16.8 Å². The van der Waals surface area contributed by atoms with Crippen LogP contribution in [0.3, 0.4) is 0 Å². The molecular weight excluding hydrogens is 552 g/mol. The molecule has 0 bridgehead atoms. The fraction of sp³-hybridized carbons (Fsp3) is 0.115. The first-order valence-corrected chi connectivity index (χ1v) is 15.3. The van der Waals surface area contributed by atoms with E-state index in [1.54, 1.807) is 36.4 Å². The summed E-state index contributed by atoms with van der Waals surface area (Å²) in [5.74, 6) is 0.298. The minimum atomic E-state index is -4.08. The van der Waals surface area contributed by atoms with Crippen LogP contribution in [0.5, 0.6) is 5.75 Å². The van der Waals surface area contributed by atoms with Crippen LogP contribution in [0.1, 0.15) is 16.7 Å². The van der Waals surface area contributed by atoms with Crippen LogP contribution in [0.15, 0.2) is 97.2 Å². The van der Waals surface area contributed by atoms with Gasteiger partial charge >= 0.3 is 0 Å². The van der Waals surface area contributed by atoms with Crippen molar-refractivity contribution in [3.63, 3.8) is 0 Å². The lowest BCUT2D eigenvalue weighted by Gasteiger charge is -2.19.